The van der Waals surface area contributed by atoms with E-state index in [4.69, 9.17) is 0 Å². The van der Waals surface area contributed by atoms with Gasteiger partial charge in [-0.05, 0) is 12.5 Å². The Hall–Kier alpha value is -1.65. The molecule has 0 saturated carbocycles. The number of pyridine rings is 1. The second kappa shape index (κ2) is 4.47. The third kappa shape index (κ3) is 2.29. The molecule has 1 amide bonds. The monoisotopic (exact) mass is 223 g/mol. The number of hydrogen-bond acceptors (Lipinski definition) is 3. The van der Waals surface area contributed by atoms with Gasteiger partial charge in [-0.2, -0.15) is 4.39 Å². The van der Waals surface area contributed by atoms with Crippen LogP contribution in [-0.2, 0) is 4.79 Å². The molecule has 0 unspecified atom stereocenters. The summed E-state index contributed by atoms with van der Waals surface area (Å²) in [5.41, 5.74) is 0.719. The minimum atomic E-state index is -0.512. The van der Waals surface area contributed by atoms with Crippen molar-refractivity contribution in [3.63, 3.8) is 0 Å². The van der Waals surface area contributed by atoms with Crippen molar-refractivity contribution in [1.82, 2.24) is 9.88 Å². The lowest BCUT2D eigenvalue weighted by Gasteiger charge is -2.21. The predicted molar refractivity (Wildman–Crippen MR) is 58.7 cm³/mol. The summed E-state index contributed by atoms with van der Waals surface area (Å²) in [6.07, 6.45) is 2.32. The zero-order valence-corrected chi connectivity index (χ0v) is 9.19. The first kappa shape index (κ1) is 10.9. The molecule has 16 heavy (non-hydrogen) atoms. The summed E-state index contributed by atoms with van der Waals surface area (Å²) in [7, 11) is 1.79. The van der Waals surface area contributed by atoms with E-state index in [-0.39, 0.29) is 5.91 Å². The molecule has 0 spiro atoms. The van der Waals surface area contributed by atoms with Crippen molar-refractivity contribution >= 4 is 11.6 Å². The maximum absolute atomic E-state index is 13.0. The van der Waals surface area contributed by atoms with Gasteiger partial charge in [0.15, 0.2) is 0 Å². The lowest BCUT2D eigenvalue weighted by Crippen LogP contribution is -2.34. The number of hydrogen-bond donors (Lipinski definition) is 0. The molecular weight excluding hydrogens is 209 g/mol. The molecular formula is C11H14FN3O. The van der Waals surface area contributed by atoms with Gasteiger partial charge in [0, 0.05) is 38.1 Å². The Morgan fingerprint density at radius 2 is 2.25 bits per heavy atom. The predicted octanol–water partition coefficient (Wildman–Crippen LogP) is 0.889. The fourth-order valence-electron chi connectivity index (χ4n) is 1.80. The summed E-state index contributed by atoms with van der Waals surface area (Å²) in [6.45, 7) is 1.82. The van der Waals surface area contributed by atoms with Gasteiger partial charge in [0.2, 0.25) is 11.9 Å². The van der Waals surface area contributed by atoms with Gasteiger partial charge in [0.05, 0.1) is 6.54 Å². The van der Waals surface area contributed by atoms with Crippen molar-refractivity contribution in [1.29, 1.82) is 0 Å². The van der Waals surface area contributed by atoms with Crippen LogP contribution >= 0.6 is 0 Å². The first-order valence-corrected chi connectivity index (χ1v) is 5.27. The van der Waals surface area contributed by atoms with Crippen LogP contribution in [0.1, 0.15) is 6.42 Å². The van der Waals surface area contributed by atoms with Gasteiger partial charge in [-0.25, -0.2) is 4.98 Å². The number of anilines is 1. The first-order chi connectivity index (χ1) is 7.66. The molecule has 1 aromatic rings. The molecule has 2 heterocycles. The molecule has 5 heteroatoms. The van der Waals surface area contributed by atoms with Gasteiger partial charge in [-0.1, -0.05) is 0 Å². The van der Waals surface area contributed by atoms with Gasteiger partial charge in [-0.3, -0.25) is 4.79 Å². The van der Waals surface area contributed by atoms with Crippen molar-refractivity contribution in [2.45, 2.75) is 6.42 Å². The summed E-state index contributed by atoms with van der Waals surface area (Å²) in [4.78, 5) is 18.8. The van der Waals surface area contributed by atoms with E-state index in [2.05, 4.69) is 4.98 Å². The molecule has 1 fully saturated rings. The number of likely N-dealkylation sites (N-methyl/N-ethyl adjacent to an activating group) is 1. The normalized spacial score (nSPS) is 17.5. The number of halogens is 1. The summed E-state index contributed by atoms with van der Waals surface area (Å²) in [6, 6.07) is 3.08. The standard InChI is InChI=1S/C11H14FN3O/c1-14-5-2-6-15(8-11(14)16)9-3-4-13-10(12)7-9/h3-4,7H,2,5-6,8H2,1H3. The molecule has 4 nitrogen and oxygen atoms in total. The number of amides is 1. The van der Waals surface area contributed by atoms with E-state index >= 15 is 0 Å². The van der Waals surface area contributed by atoms with Crippen LogP contribution in [0.4, 0.5) is 10.1 Å². The maximum Gasteiger partial charge on any atom is 0.241 e. The van der Waals surface area contributed by atoms with Crippen LogP contribution in [0.15, 0.2) is 18.3 Å². The minimum absolute atomic E-state index is 0.0646. The molecule has 1 aromatic heterocycles. The first-order valence-electron chi connectivity index (χ1n) is 5.27. The number of carbonyl (C=O) groups is 1. The van der Waals surface area contributed by atoms with Crippen LogP contribution < -0.4 is 4.90 Å². The molecule has 0 bridgehead atoms. The molecule has 0 aromatic carbocycles. The zero-order valence-electron chi connectivity index (χ0n) is 9.19. The Balaban J connectivity index is 2.18. The average molecular weight is 223 g/mol. The van der Waals surface area contributed by atoms with Crippen molar-refractivity contribution in [3.8, 4) is 0 Å². The van der Waals surface area contributed by atoms with Crippen molar-refractivity contribution in [2.75, 3.05) is 31.6 Å². The Kier molecular flexibility index (Phi) is 3.03. The Labute approximate surface area is 93.7 Å². The van der Waals surface area contributed by atoms with Gasteiger partial charge >= 0.3 is 0 Å². The SMILES string of the molecule is CN1CCCN(c2ccnc(F)c2)CC1=O. The van der Waals surface area contributed by atoms with Gasteiger partial charge in [0.25, 0.3) is 0 Å². The zero-order chi connectivity index (χ0) is 11.5. The number of rotatable bonds is 1. The number of nitrogens with zero attached hydrogens (tertiary/aromatic N) is 3. The Bertz CT molecular complexity index is 397. The second-order valence-electron chi connectivity index (χ2n) is 3.93. The quantitative estimate of drug-likeness (QED) is 0.663. The van der Waals surface area contributed by atoms with Gasteiger partial charge < -0.3 is 9.80 Å². The second-order valence-corrected chi connectivity index (χ2v) is 3.93. The molecule has 0 atom stereocenters. The van der Waals surface area contributed by atoms with Crippen molar-refractivity contribution in [3.05, 3.63) is 24.3 Å². The topological polar surface area (TPSA) is 36.4 Å². The number of aromatic nitrogens is 1. The minimum Gasteiger partial charge on any atom is -0.362 e. The highest BCUT2D eigenvalue weighted by Crippen LogP contribution is 2.16. The number of carbonyl (C=O) groups excluding carboxylic acids is 1. The van der Waals surface area contributed by atoms with E-state index in [1.807, 2.05) is 4.90 Å². The maximum atomic E-state index is 13.0. The molecule has 2 rings (SSSR count). The third-order valence-electron chi connectivity index (χ3n) is 2.75. The van der Waals surface area contributed by atoms with E-state index in [0.717, 1.165) is 25.2 Å². The third-order valence-corrected chi connectivity index (χ3v) is 2.75. The van der Waals surface area contributed by atoms with Crippen molar-refractivity contribution in [2.24, 2.45) is 0 Å². The van der Waals surface area contributed by atoms with E-state index in [1.54, 1.807) is 18.0 Å². The van der Waals surface area contributed by atoms with Gasteiger partial charge in [0.1, 0.15) is 0 Å². The van der Waals surface area contributed by atoms with Gasteiger partial charge in [-0.15, -0.1) is 0 Å². The van der Waals surface area contributed by atoms with E-state index in [1.165, 1.54) is 12.3 Å². The van der Waals surface area contributed by atoms with Crippen LogP contribution in [-0.4, -0.2) is 42.5 Å². The van der Waals surface area contributed by atoms with Crippen LogP contribution in [0.2, 0.25) is 0 Å². The molecule has 0 aliphatic carbocycles. The fraction of sp³-hybridized carbons (Fsp3) is 0.455. The Morgan fingerprint density at radius 1 is 1.44 bits per heavy atom. The summed E-state index contributed by atoms with van der Waals surface area (Å²) < 4.78 is 13.0. The highest BCUT2D eigenvalue weighted by molar-refractivity contribution is 5.81. The van der Waals surface area contributed by atoms with Crippen LogP contribution in [0.25, 0.3) is 0 Å². The van der Waals surface area contributed by atoms with E-state index in [9.17, 15) is 9.18 Å². The highest BCUT2D eigenvalue weighted by atomic mass is 19.1. The molecule has 86 valence electrons. The highest BCUT2D eigenvalue weighted by Gasteiger charge is 2.19. The van der Waals surface area contributed by atoms with Crippen LogP contribution in [0.3, 0.4) is 0 Å². The Morgan fingerprint density at radius 3 is 3.00 bits per heavy atom. The molecule has 1 aliphatic heterocycles. The van der Waals surface area contributed by atoms with E-state index in [0.29, 0.717) is 6.54 Å². The molecule has 1 aliphatic rings. The molecule has 0 N–H and O–H groups in total. The van der Waals surface area contributed by atoms with E-state index < -0.39 is 5.95 Å². The van der Waals surface area contributed by atoms with Crippen LogP contribution in [0, 0.1) is 5.95 Å². The fourth-order valence-corrected chi connectivity index (χ4v) is 1.80. The smallest absolute Gasteiger partial charge is 0.241 e. The summed E-state index contributed by atoms with van der Waals surface area (Å²) >= 11 is 0. The van der Waals surface area contributed by atoms with Crippen molar-refractivity contribution < 1.29 is 9.18 Å². The largest absolute Gasteiger partial charge is 0.362 e. The average Bonchev–Trinajstić information content (AvgIpc) is 2.42. The molecule has 1 saturated heterocycles. The van der Waals surface area contributed by atoms with Crippen LogP contribution in [0.5, 0.6) is 0 Å². The summed E-state index contributed by atoms with van der Waals surface area (Å²) in [5, 5.41) is 0. The lowest BCUT2D eigenvalue weighted by molar-refractivity contribution is -0.127. The molecule has 0 radical (unpaired) electrons. The lowest BCUT2D eigenvalue weighted by atomic mass is 10.3. The summed E-state index contributed by atoms with van der Waals surface area (Å²) in [5.74, 6) is -0.447.